The van der Waals surface area contributed by atoms with Gasteiger partial charge >= 0.3 is 12.2 Å². The highest BCUT2D eigenvalue weighted by Crippen LogP contribution is 2.47. The Labute approximate surface area is 185 Å². The predicted molar refractivity (Wildman–Crippen MR) is 122 cm³/mol. The molecule has 0 spiro atoms. The quantitative estimate of drug-likeness (QED) is 0.483. The summed E-state index contributed by atoms with van der Waals surface area (Å²) in [6.07, 6.45) is 0.226. The Morgan fingerprint density at radius 3 is 2.06 bits per heavy atom. The Bertz CT molecular complexity index is 1140. The van der Waals surface area contributed by atoms with E-state index >= 15 is 0 Å². The Morgan fingerprint density at radius 2 is 1.55 bits per heavy atom. The van der Waals surface area contributed by atoms with Crippen molar-refractivity contribution < 1.29 is 19.8 Å². The SMILES string of the molecule is CC(C)N(Cc1c(CN(C(=O)O)C(C)C)c2sc3ccccc3n2c1C1CC1)C(=O)O. The number of fused-ring (bicyclic) bond motifs is 3. The molecule has 2 aromatic heterocycles. The molecule has 166 valence electrons. The van der Waals surface area contributed by atoms with Gasteiger partial charge in [0.1, 0.15) is 4.83 Å². The second kappa shape index (κ2) is 8.07. The lowest BCUT2D eigenvalue weighted by Gasteiger charge is -2.27. The van der Waals surface area contributed by atoms with E-state index < -0.39 is 12.2 Å². The molecule has 3 aromatic rings. The van der Waals surface area contributed by atoms with Crippen molar-refractivity contribution in [2.45, 2.75) is 71.6 Å². The Balaban J connectivity index is 1.97. The van der Waals surface area contributed by atoms with Gasteiger partial charge in [-0.25, -0.2) is 9.59 Å². The number of hydrogen-bond acceptors (Lipinski definition) is 3. The Morgan fingerprint density at radius 1 is 1.00 bits per heavy atom. The van der Waals surface area contributed by atoms with Crippen molar-refractivity contribution in [2.75, 3.05) is 0 Å². The molecule has 1 saturated carbocycles. The zero-order chi connectivity index (χ0) is 22.4. The number of carbonyl (C=O) groups is 2. The molecule has 8 heteroatoms. The minimum atomic E-state index is -0.965. The van der Waals surface area contributed by atoms with E-state index in [0.29, 0.717) is 5.92 Å². The second-order valence-electron chi connectivity index (χ2n) is 8.84. The van der Waals surface area contributed by atoms with Crippen LogP contribution in [0.25, 0.3) is 15.0 Å². The molecule has 0 unspecified atom stereocenters. The Hall–Kier alpha value is -2.74. The van der Waals surface area contributed by atoms with Gasteiger partial charge in [0.25, 0.3) is 0 Å². The summed E-state index contributed by atoms with van der Waals surface area (Å²) in [4.78, 5) is 27.8. The first kappa shape index (κ1) is 21.5. The van der Waals surface area contributed by atoms with Crippen molar-refractivity contribution >= 4 is 38.6 Å². The van der Waals surface area contributed by atoms with E-state index in [1.165, 1.54) is 9.80 Å². The molecular formula is C23H29N3O4S. The van der Waals surface area contributed by atoms with Gasteiger partial charge in [-0.15, -0.1) is 11.3 Å². The van der Waals surface area contributed by atoms with Gasteiger partial charge in [-0.05, 0) is 58.2 Å². The molecule has 2 heterocycles. The largest absolute Gasteiger partial charge is 0.465 e. The summed E-state index contributed by atoms with van der Waals surface area (Å²) < 4.78 is 3.42. The lowest BCUT2D eigenvalue weighted by Crippen LogP contribution is -2.37. The van der Waals surface area contributed by atoms with Crippen LogP contribution in [0.4, 0.5) is 9.59 Å². The molecule has 0 bridgehead atoms. The number of benzene rings is 1. The molecule has 1 aliphatic rings. The van der Waals surface area contributed by atoms with Crippen molar-refractivity contribution in [3.05, 3.63) is 41.1 Å². The van der Waals surface area contributed by atoms with Gasteiger partial charge in [0.2, 0.25) is 0 Å². The van der Waals surface area contributed by atoms with E-state index in [2.05, 4.69) is 16.5 Å². The van der Waals surface area contributed by atoms with Crippen LogP contribution in [0.1, 0.15) is 63.3 Å². The number of hydrogen-bond donors (Lipinski definition) is 2. The maximum Gasteiger partial charge on any atom is 0.407 e. The summed E-state index contributed by atoms with van der Waals surface area (Å²) in [5, 5.41) is 19.6. The molecular weight excluding hydrogens is 414 g/mol. The standard InChI is InChI=1S/C23H29N3O4S/c1-13(2)24(22(27)28)11-16-17(12-25(14(3)4)23(29)30)21-26(20(16)15-9-10-15)18-7-5-6-8-19(18)31-21/h5-8,13-15H,9-12H2,1-4H3,(H,27,28)(H,29,30). The highest BCUT2D eigenvalue weighted by atomic mass is 32.1. The molecule has 2 N–H and O–H groups in total. The maximum atomic E-state index is 12.0. The van der Waals surface area contributed by atoms with E-state index in [1.54, 1.807) is 11.3 Å². The first-order chi connectivity index (χ1) is 14.7. The van der Waals surface area contributed by atoms with Crippen LogP contribution in [0.2, 0.25) is 0 Å². The average Bonchev–Trinajstić information content (AvgIpc) is 3.39. The maximum absolute atomic E-state index is 12.0. The molecule has 31 heavy (non-hydrogen) atoms. The van der Waals surface area contributed by atoms with Crippen molar-refractivity contribution in [3.63, 3.8) is 0 Å². The summed E-state index contributed by atoms with van der Waals surface area (Å²) in [5.41, 5.74) is 4.17. The zero-order valence-corrected chi connectivity index (χ0v) is 19.1. The van der Waals surface area contributed by atoms with Crippen LogP contribution in [-0.2, 0) is 13.1 Å². The van der Waals surface area contributed by atoms with Crippen LogP contribution in [0.5, 0.6) is 0 Å². The van der Waals surface area contributed by atoms with Crippen molar-refractivity contribution in [1.29, 1.82) is 0 Å². The minimum Gasteiger partial charge on any atom is -0.465 e. The van der Waals surface area contributed by atoms with E-state index in [0.717, 1.165) is 44.7 Å². The van der Waals surface area contributed by atoms with Gasteiger partial charge < -0.3 is 24.4 Å². The van der Waals surface area contributed by atoms with Crippen molar-refractivity contribution in [1.82, 2.24) is 14.2 Å². The number of thiazole rings is 1. The number of para-hydroxylation sites is 1. The third kappa shape index (κ3) is 3.84. The number of amides is 2. The van der Waals surface area contributed by atoms with Gasteiger partial charge in [0.05, 0.1) is 23.3 Å². The molecule has 0 aliphatic heterocycles. The normalized spacial score (nSPS) is 14.1. The number of aromatic nitrogens is 1. The fourth-order valence-corrected chi connectivity index (χ4v) is 5.47. The van der Waals surface area contributed by atoms with Crippen molar-refractivity contribution in [2.24, 2.45) is 0 Å². The van der Waals surface area contributed by atoms with Crippen LogP contribution in [0.15, 0.2) is 24.3 Å². The van der Waals surface area contributed by atoms with E-state index in [1.807, 2.05) is 39.8 Å². The highest BCUT2D eigenvalue weighted by Gasteiger charge is 2.35. The van der Waals surface area contributed by atoms with Crippen LogP contribution >= 0.6 is 11.3 Å². The first-order valence-electron chi connectivity index (χ1n) is 10.7. The molecule has 0 atom stereocenters. The van der Waals surface area contributed by atoms with E-state index in [4.69, 9.17) is 0 Å². The molecule has 0 saturated heterocycles. The predicted octanol–water partition coefficient (Wildman–Crippen LogP) is 5.81. The zero-order valence-electron chi connectivity index (χ0n) is 18.3. The summed E-state index contributed by atoms with van der Waals surface area (Å²) >= 11 is 1.66. The van der Waals surface area contributed by atoms with Crippen molar-refractivity contribution in [3.8, 4) is 0 Å². The molecule has 1 fully saturated rings. The third-order valence-electron chi connectivity index (χ3n) is 6.05. The van der Waals surface area contributed by atoms with E-state index in [9.17, 15) is 19.8 Å². The summed E-state index contributed by atoms with van der Waals surface area (Å²) in [5.74, 6) is 0.384. The van der Waals surface area contributed by atoms with Crippen LogP contribution in [0, 0.1) is 0 Å². The lowest BCUT2D eigenvalue weighted by molar-refractivity contribution is 0.124. The lowest BCUT2D eigenvalue weighted by atomic mass is 10.1. The second-order valence-corrected chi connectivity index (χ2v) is 9.87. The minimum absolute atomic E-state index is 0.173. The smallest absolute Gasteiger partial charge is 0.407 e. The molecule has 4 rings (SSSR count). The third-order valence-corrected chi connectivity index (χ3v) is 7.23. The van der Waals surface area contributed by atoms with Gasteiger partial charge in [-0.1, -0.05) is 12.1 Å². The number of carboxylic acid groups (broad SMARTS) is 2. The van der Waals surface area contributed by atoms with E-state index in [-0.39, 0.29) is 25.2 Å². The number of nitrogens with zero attached hydrogens (tertiary/aromatic N) is 3. The Kier molecular flexibility index (Phi) is 5.60. The fourth-order valence-electron chi connectivity index (χ4n) is 4.25. The van der Waals surface area contributed by atoms with Crippen LogP contribution < -0.4 is 0 Å². The molecule has 2 amide bonds. The fraction of sp³-hybridized carbons (Fsp3) is 0.478. The number of rotatable bonds is 7. The van der Waals surface area contributed by atoms with Gasteiger partial charge in [0, 0.05) is 29.3 Å². The molecule has 1 aliphatic carbocycles. The summed E-state index contributed by atoms with van der Waals surface area (Å²) in [6.45, 7) is 7.99. The molecule has 1 aromatic carbocycles. The average molecular weight is 444 g/mol. The summed E-state index contributed by atoms with van der Waals surface area (Å²) in [6, 6.07) is 7.85. The molecule has 7 nitrogen and oxygen atoms in total. The first-order valence-corrected chi connectivity index (χ1v) is 11.5. The van der Waals surface area contributed by atoms with Gasteiger partial charge in [0.15, 0.2) is 0 Å². The highest BCUT2D eigenvalue weighted by molar-refractivity contribution is 7.24. The topological polar surface area (TPSA) is 85.5 Å². The van der Waals surface area contributed by atoms with Crippen LogP contribution in [-0.4, -0.2) is 48.7 Å². The van der Waals surface area contributed by atoms with Crippen LogP contribution in [0.3, 0.4) is 0 Å². The summed E-state index contributed by atoms with van der Waals surface area (Å²) in [7, 11) is 0. The molecule has 0 radical (unpaired) electrons. The van der Waals surface area contributed by atoms with Gasteiger partial charge in [-0.3, -0.25) is 0 Å². The monoisotopic (exact) mass is 443 g/mol. The van der Waals surface area contributed by atoms with Gasteiger partial charge in [-0.2, -0.15) is 0 Å².